The molecule has 0 spiro atoms. The first kappa shape index (κ1) is 30.7. The lowest BCUT2D eigenvalue weighted by molar-refractivity contribution is -0.167. The summed E-state index contributed by atoms with van der Waals surface area (Å²) in [6.07, 6.45) is 7.59. The summed E-state index contributed by atoms with van der Waals surface area (Å²) < 4.78 is 0. The molecule has 3 fully saturated rings. The van der Waals surface area contributed by atoms with Crippen LogP contribution in [0.5, 0.6) is 0 Å². The van der Waals surface area contributed by atoms with Crippen LogP contribution in [0.1, 0.15) is 61.6 Å². The predicted molar refractivity (Wildman–Crippen MR) is 163 cm³/mol. The van der Waals surface area contributed by atoms with Crippen LogP contribution in [0.15, 0.2) is 54.6 Å². The smallest absolute Gasteiger partial charge is 0.327 e. The van der Waals surface area contributed by atoms with Crippen LogP contribution in [0, 0.1) is 11.8 Å². The van der Waals surface area contributed by atoms with Gasteiger partial charge in [-0.25, -0.2) is 14.5 Å². The average molecular weight is 589 g/mol. The number of nitrogens with one attached hydrogen (secondary N) is 1. The van der Waals surface area contributed by atoms with Crippen LogP contribution in [0.2, 0.25) is 0 Å². The number of carboxylic acids is 1. The standard InChI is InChI=1S/C34H44N4O5/c39-30(10-6-2-3-7-25-11-13-27(14-12-25)23-26-8-4-1-5-9-26)36-19-21-37(22-20-36)34(43)38-31(33(41)42)29(32(38)40)24-28-15-17-35-18-16-28/h1,4-5,8-9,11-14,28-29,31,35H,2-3,6-7,10,15-24H2,(H,41,42)/t29-,31+/m1/s1. The number of carboxylic acid groups (broad SMARTS) is 1. The monoisotopic (exact) mass is 588 g/mol. The van der Waals surface area contributed by atoms with Gasteiger partial charge in [-0.1, -0.05) is 61.0 Å². The van der Waals surface area contributed by atoms with E-state index in [1.807, 2.05) is 6.07 Å². The number of carbonyl (C=O) groups is 4. The molecule has 0 saturated carbocycles. The van der Waals surface area contributed by atoms with Gasteiger partial charge in [-0.2, -0.15) is 0 Å². The van der Waals surface area contributed by atoms with Crippen molar-refractivity contribution >= 4 is 23.8 Å². The molecule has 0 aromatic heterocycles. The van der Waals surface area contributed by atoms with Crippen molar-refractivity contribution in [2.45, 2.75) is 63.8 Å². The summed E-state index contributed by atoms with van der Waals surface area (Å²) in [5.41, 5.74) is 3.92. The number of imide groups is 1. The Morgan fingerprint density at radius 3 is 2.09 bits per heavy atom. The first-order chi connectivity index (χ1) is 20.9. The summed E-state index contributed by atoms with van der Waals surface area (Å²) in [5, 5.41) is 13.1. The molecule has 3 aliphatic heterocycles. The van der Waals surface area contributed by atoms with Crippen molar-refractivity contribution in [3.8, 4) is 0 Å². The summed E-state index contributed by atoms with van der Waals surface area (Å²) >= 11 is 0. The second-order valence-electron chi connectivity index (χ2n) is 12.2. The molecular weight excluding hydrogens is 544 g/mol. The molecule has 3 aliphatic rings. The van der Waals surface area contributed by atoms with E-state index in [2.05, 4.69) is 53.8 Å². The van der Waals surface area contributed by atoms with E-state index in [0.717, 1.165) is 62.9 Å². The van der Waals surface area contributed by atoms with Gasteiger partial charge in [-0.05, 0) is 80.6 Å². The highest BCUT2D eigenvalue weighted by atomic mass is 16.4. The molecule has 9 heteroatoms. The van der Waals surface area contributed by atoms with Gasteiger partial charge in [0.2, 0.25) is 11.8 Å². The Balaban J connectivity index is 0.987. The molecule has 2 atom stereocenters. The number of likely N-dealkylation sites (tertiary alicyclic amines) is 1. The van der Waals surface area contributed by atoms with Crippen molar-refractivity contribution in [1.82, 2.24) is 20.0 Å². The Bertz CT molecular complexity index is 1250. The normalized spacial score (nSPS) is 21.0. The zero-order chi connectivity index (χ0) is 30.2. The predicted octanol–water partition coefficient (Wildman–Crippen LogP) is 3.95. The summed E-state index contributed by atoms with van der Waals surface area (Å²) in [6.45, 7) is 3.16. The molecule has 0 radical (unpaired) electrons. The molecule has 230 valence electrons. The Morgan fingerprint density at radius 2 is 1.42 bits per heavy atom. The van der Waals surface area contributed by atoms with Gasteiger partial charge >= 0.3 is 12.0 Å². The number of urea groups is 1. The van der Waals surface area contributed by atoms with Crippen LogP contribution in [-0.4, -0.2) is 88.9 Å². The topological polar surface area (TPSA) is 110 Å². The Hall–Kier alpha value is -3.72. The fourth-order valence-electron chi connectivity index (χ4n) is 6.65. The van der Waals surface area contributed by atoms with E-state index in [9.17, 15) is 24.3 Å². The number of β-lactam (4-membered cyclic amide) rings is 1. The van der Waals surface area contributed by atoms with Gasteiger partial charge in [0.25, 0.3) is 0 Å². The number of piperazine rings is 1. The Kier molecular flexibility index (Phi) is 10.5. The van der Waals surface area contributed by atoms with Crippen molar-refractivity contribution < 1.29 is 24.3 Å². The summed E-state index contributed by atoms with van der Waals surface area (Å²) in [4.78, 5) is 55.0. The van der Waals surface area contributed by atoms with E-state index in [1.165, 1.54) is 21.6 Å². The molecule has 2 aromatic carbocycles. The highest BCUT2D eigenvalue weighted by molar-refractivity contribution is 6.07. The fourth-order valence-corrected chi connectivity index (χ4v) is 6.65. The third kappa shape index (κ3) is 7.82. The minimum Gasteiger partial charge on any atom is -0.480 e. The largest absolute Gasteiger partial charge is 0.480 e. The van der Waals surface area contributed by atoms with Gasteiger partial charge in [0.05, 0.1) is 5.92 Å². The second kappa shape index (κ2) is 14.6. The van der Waals surface area contributed by atoms with E-state index >= 15 is 0 Å². The second-order valence-corrected chi connectivity index (χ2v) is 12.2. The first-order valence-corrected chi connectivity index (χ1v) is 15.9. The number of carbonyl (C=O) groups excluding carboxylic acids is 3. The van der Waals surface area contributed by atoms with Crippen molar-refractivity contribution in [3.63, 3.8) is 0 Å². The quantitative estimate of drug-likeness (QED) is 0.304. The molecule has 9 nitrogen and oxygen atoms in total. The lowest BCUT2D eigenvalue weighted by Crippen LogP contribution is -2.69. The number of rotatable bonds is 11. The van der Waals surface area contributed by atoms with Gasteiger partial charge in [0.15, 0.2) is 6.04 Å². The molecule has 43 heavy (non-hydrogen) atoms. The van der Waals surface area contributed by atoms with Crippen LogP contribution in [0.3, 0.4) is 0 Å². The van der Waals surface area contributed by atoms with E-state index in [1.54, 1.807) is 4.90 Å². The first-order valence-electron chi connectivity index (χ1n) is 15.9. The lowest BCUT2D eigenvalue weighted by atomic mass is 9.78. The Labute approximate surface area is 254 Å². The molecule has 0 aliphatic carbocycles. The van der Waals surface area contributed by atoms with E-state index in [0.29, 0.717) is 44.9 Å². The van der Waals surface area contributed by atoms with E-state index in [-0.39, 0.29) is 11.8 Å². The summed E-state index contributed by atoms with van der Waals surface area (Å²) in [5.74, 6) is -1.74. The fraction of sp³-hybridized carbons (Fsp3) is 0.529. The van der Waals surface area contributed by atoms with Crippen LogP contribution in [0.4, 0.5) is 4.79 Å². The lowest BCUT2D eigenvalue weighted by Gasteiger charge is -2.47. The van der Waals surface area contributed by atoms with Crippen molar-refractivity contribution in [2.75, 3.05) is 39.3 Å². The van der Waals surface area contributed by atoms with E-state index in [4.69, 9.17) is 0 Å². The number of hydrogen-bond acceptors (Lipinski definition) is 5. The van der Waals surface area contributed by atoms with E-state index < -0.39 is 24.0 Å². The maximum absolute atomic E-state index is 13.1. The number of benzene rings is 2. The minimum atomic E-state index is -1.12. The number of hydrogen-bond donors (Lipinski definition) is 2. The van der Waals surface area contributed by atoms with Gasteiger partial charge in [0.1, 0.15) is 0 Å². The highest BCUT2D eigenvalue weighted by Gasteiger charge is 2.56. The maximum Gasteiger partial charge on any atom is 0.327 e. The SMILES string of the molecule is O=C(O)[C@@H]1[C@@H](CC2CCNCC2)C(=O)N1C(=O)N1CCN(C(=O)CCCCCc2ccc(Cc3ccccc3)cc2)CC1. The highest BCUT2D eigenvalue weighted by Crippen LogP contribution is 2.35. The molecule has 5 rings (SSSR count). The number of piperidine rings is 1. The van der Waals surface area contributed by atoms with Gasteiger partial charge in [0, 0.05) is 32.6 Å². The molecule has 4 amide bonds. The summed E-state index contributed by atoms with van der Waals surface area (Å²) in [7, 11) is 0. The van der Waals surface area contributed by atoms with Gasteiger partial charge in [-0.3, -0.25) is 9.59 Å². The van der Waals surface area contributed by atoms with Gasteiger partial charge in [-0.15, -0.1) is 0 Å². The van der Waals surface area contributed by atoms with Crippen LogP contribution >= 0.6 is 0 Å². The van der Waals surface area contributed by atoms with Crippen molar-refractivity contribution in [3.05, 3.63) is 71.3 Å². The molecule has 0 unspecified atom stereocenters. The van der Waals surface area contributed by atoms with Crippen LogP contribution in [0.25, 0.3) is 0 Å². The molecular formula is C34H44N4O5. The number of amides is 4. The molecule has 3 saturated heterocycles. The average Bonchev–Trinajstić information content (AvgIpc) is 3.03. The molecule has 2 N–H and O–H groups in total. The number of unbranched alkanes of at least 4 members (excludes halogenated alkanes) is 2. The zero-order valence-electron chi connectivity index (χ0n) is 25.0. The minimum absolute atomic E-state index is 0.0860. The number of aliphatic carboxylic acids is 1. The summed E-state index contributed by atoms with van der Waals surface area (Å²) in [6, 6.07) is 17.6. The molecule has 2 aromatic rings. The van der Waals surface area contributed by atoms with Crippen molar-refractivity contribution in [2.24, 2.45) is 11.8 Å². The van der Waals surface area contributed by atoms with Crippen LogP contribution < -0.4 is 5.32 Å². The number of aryl methyl sites for hydroxylation is 1. The van der Waals surface area contributed by atoms with Crippen molar-refractivity contribution in [1.29, 1.82) is 0 Å². The zero-order valence-corrected chi connectivity index (χ0v) is 25.0. The third-order valence-corrected chi connectivity index (χ3v) is 9.25. The Morgan fingerprint density at radius 1 is 0.791 bits per heavy atom. The molecule has 3 heterocycles. The number of nitrogens with zero attached hydrogens (tertiary/aromatic N) is 3. The maximum atomic E-state index is 13.1. The third-order valence-electron chi connectivity index (χ3n) is 9.25. The van der Waals surface area contributed by atoms with Gasteiger partial charge < -0.3 is 20.2 Å². The molecule has 0 bridgehead atoms. The van der Waals surface area contributed by atoms with Crippen LogP contribution in [-0.2, 0) is 27.2 Å².